The third kappa shape index (κ3) is 5.44. The van der Waals surface area contributed by atoms with Crippen LogP contribution in [-0.4, -0.2) is 24.3 Å². The third-order valence-corrected chi connectivity index (χ3v) is 9.45. The molecule has 0 aliphatic carbocycles. The van der Waals surface area contributed by atoms with Gasteiger partial charge in [-0.1, -0.05) is 104 Å². The molecule has 4 heterocycles. The fourth-order valence-corrected chi connectivity index (χ4v) is 7.01. The predicted molar refractivity (Wildman–Crippen MR) is 199 cm³/mol. The Balaban J connectivity index is 0.00000374. The molecule has 252 valence electrons. The Labute approximate surface area is 309 Å². The Morgan fingerprint density at radius 1 is 0.745 bits per heavy atom. The van der Waals surface area contributed by atoms with Gasteiger partial charge in [0.15, 0.2) is 0 Å². The van der Waals surface area contributed by atoms with Crippen molar-refractivity contribution in [3.8, 4) is 34.4 Å². The van der Waals surface area contributed by atoms with Gasteiger partial charge in [-0.05, 0) is 65.6 Å². The zero-order valence-electron chi connectivity index (χ0n) is 28.8. The van der Waals surface area contributed by atoms with E-state index >= 15 is 0 Å². The second kappa shape index (κ2) is 12.4. The number of ether oxygens (including phenoxy) is 1. The summed E-state index contributed by atoms with van der Waals surface area (Å²) in [5.41, 5.74) is 8.46. The van der Waals surface area contributed by atoms with Gasteiger partial charge in [0, 0.05) is 34.3 Å². The smallest absolute Gasteiger partial charge is 0.503 e. The third-order valence-electron chi connectivity index (χ3n) is 9.45. The zero-order chi connectivity index (χ0) is 34.1. The van der Waals surface area contributed by atoms with Crippen LogP contribution >= 0.6 is 0 Å². The second-order valence-electron chi connectivity index (χ2n) is 13.8. The maximum absolute atomic E-state index is 6.67. The summed E-state index contributed by atoms with van der Waals surface area (Å²) in [4.78, 5) is 4.82. The van der Waals surface area contributed by atoms with Gasteiger partial charge in [0.1, 0.15) is 17.7 Å². The van der Waals surface area contributed by atoms with Crippen LogP contribution in [0.1, 0.15) is 37.5 Å². The molecule has 0 radical (unpaired) electrons. The molecule has 4 aromatic heterocycles. The van der Waals surface area contributed by atoms with E-state index in [0.717, 1.165) is 60.8 Å². The number of aromatic nitrogens is 5. The van der Waals surface area contributed by atoms with E-state index < -0.39 is 0 Å². The number of hydrogen-bond donors (Lipinski definition) is 0. The second-order valence-corrected chi connectivity index (χ2v) is 13.8. The Kier molecular flexibility index (Phi) is 7.92. The van der Waals surface area contributed by atoms with Gasteiger partial charge in [-0.3, -0.25) is 0 Å². The average molecular weight is 847 g/mol. The number of aryl methyl sites for hydroxylation is 2. The minimum Gasteiger partial charge on any atom is -0.503 e. The molecule has 0 unspecified atom stereocenters. The van der Waals surface area contributed by atoms with Crippen molar-refractivity contribution in [1.29, 1.82) is 0 Å². The molecule has 0 fully saturated rings. The van der Waals surface area contributed by atoms with Crippen LogP contribution in [0, 0.1) is 26.0 Å². The van der Waals surface area contributed by atoms with Gasteiger partial charge in [-0.2, -0.15) is 11.2 Å². The molecule has 0 atom stereocenters. The van der Waals surface area contributed by atoms with Crippen LogP contribution < -0.4 is 4.74 Å². The van der Waals surface area contributed by atoms with E-state index in [4.69, 9.17) is 14.1 Å². The predicted octanol–water partition coefficient (Wildman–Crippen LogP) is 10.6. The Morgan fingerprint density at radius 2 is 1.51 bits per heavy atom. The maximum Gasteiger partial charge on any atom is 2.00 e. The van der Waals surface area contributed by atoms with Crippen molar-refractivity contribution >= 4 is 43.7 Å². The number of fused-ring (bicyclic) bond motifs is 6. The largest absolute Gasteiger partial charge is 2.00 e. The Bertz CT molecular complexity index is 2750. The van der Waals surface area contributed by atoms with Crippen LogP contribution in [0.25, 0.3) is 66.6 Å². The van der Waals surface area contributed by atoms with Crippen molar-refractivity contribution in [2.75, 3.05) is 0 Å². The summed E-state index contributed by atoms with van der Waals surface area (Å²) >= 11 is 0. The van der Waals surface area contributed by atoms with Crippen LogP contribution in [0.4, 0.5) is 0 Å². The molecule has 7 nitrogen and oxygen atoms in total. The molecular formula is C43H33N5O2Pt. The molecule has 0 bridgehead atoms. The van der Waals surface area contributed by atoms with Crippen molar-refractivity contribution in [3.05, 3.63) is 138 Å². The molecule has 9 rings (SSSR count). The molecule has 0 N–H and O–H groups in total. The van der Waals surface area contributed by atoms with Gasteiger partial charge in [-0.25, -0.2) is 4.98 Å². The number of rotatable bonds is 5. The minimum atomic E-state index is -0.0278. The summed E-state index contributed by atoms with van der Waals surface area (Å²) < 4.78 is 17.3. The zero-order valence-corrected chi connectivity index (χ0v) is 31.0. The summed E-state index contributed by atoms with van der Waals surface area (Å²) in [6, 6.07) is 40.0. The summed E-state index contributed by atoms with van der Waals surface area (Å²) in [6.07, 6.45) is 3.62. The molecule has 51 heavy (non-hydrogen) atoms. The van der Waals surface area contributed by atoms with E-state index in [-0.39, 0.29) is 26.5 Å². The van der Waals surface area contributed by atoms with Crippen LogP contribution in [0.2, 0.25) is 0 Å². The Morgan fingerprint density at radius 3 is 2.31 bits per heavy atom. The fourth-order valence-electron chi connectivity index (χ4n) is 7.01. The normalized spacial score (nSPS) is 11.9. The van der Waals surface area contributed by atoms with Gasteiger partial charge in [0.05, 0.1) is 11.4 Å². The van der Waals surface area contributed by atoms with E-state index in [1.807, 2.05) is 41.1 Å². The summed E-state index contributed by atoms with van der Waals surface area (Å²) in [5, 5.41) is 13.0. The van der Waals surface area contributed by atoms with Gasteiger partial charge in [0.25, 0.3) is 0 Å². The van der Waals surface area contributed by atoms with Crippen molar-refractivity contribution < 1.29 is 30.2 Å². The maximum atomic E-state index is 6.67. The number of hydrogen-bond acceptors (Lipinski definition) is 5. The molecule has 8 heteroatoms. The number of para-hydroxylation sites is 3. The van der Waals surface area contributed by atoms with E-state index in [2.05, 4.69) is 128 Å². The number of pyridine rings is 1. The summed E-state index contributed by atoms with van der Waals surface area (Å²) in [6.45, 7) is 10.8. The first-order valence-corrected chi connectivity index (χ1v) is 16.7. The molecule has 0 spiro atoms. The van der Waals surface area contributed by atoms with E-state index in [1.165, 1.54) is 5.56 Å². The molecule has 9 aromatic rings. The van der Waals surface area contributed by atoms with Crippen LogP contribution in [0.3, 0.4) is 0 Å². The van der Waals surface area contributed by atoms with E-state index in [9.17, 15) is 0 Å². The molecular weight excluding hydrogens is 814 g/mol. The molecule has 0 saturated heterocycles. The molecule has 5 aromatic carbocycles. The monoisotopic (exact) mass is 846 g/mol. The first-order chi connectivity index (χ1) is 24.2. The summed E-state index contributed by atoms with van der Waals surface area (Å²) in [7, 11) is 0. The number of furan rings is 1. The standard InChI is InChI=1S/C43H33N5O2.Pt/c1-26-11-10-12-27(2)40(26)47-25-45-46-42(47)35-23-30(22-34-33-14-7-9-16-38(33)50-41(34)35)49-29-17-18-32-31-13-6-8-15-36(31)48(37(32)24-29)39-21-28(19-20-44-39)43(3,4)5;/h6-22,25H,1-5H3;/q-2;+2. The first-order valence-electron chi connectivity index (χ1n) is 16.7. The van der Waals surface area contributed by atoms with Crippen molar-refractivity contribution in [1.82, 2.24) is 24.3 Å². The topological polar surface area (TPSA) is 70.9 Å². The van der Waals surface area contributed by atoms with E-state index in [0.29, 0.717) is 28.5 Å². The van der Waals surface area contributed by atoms with Crippen molar-refractivity contribution in [3.63, 3.8) is 0 Å². The molecule has 0 aliphatic heterocycles. The molecule has 0 amide bonds. The van der Waals surface area contributed by atoms with Gasteiger partial charge < -0.3 is 18.3 Å². The molecule has 0 aliphatic rings. The van der Waals surface area contributed by atoms with E-state index in [1.54, 1.807) is 6.33 Å². The minimum absolute atomic E-state index is 0. The Hall–Kier alpha value is -5.52. The SMILES string of the molecule is Cc1cccc(C)c1-n1cnnc1-c1[c-]c(Oc2[c-]c3c(cc2)c2ccccc2n3-c2cc(C(C)(C)C)ccn2)cc2c1oc1ccccc12.[Pt+2]. The van der Waals surface area contributed by atoms with Crippen LogP contribution in [0.15, 0.2) is 114 Å². The van der Waals surface area contributed by atoms with Crippen molar-refractivity contribution in [2.45, 2.75) is 40.0 Å². The fraction of sp³-hybridized carbons (Fsp3) is 0.140. The average Bonchev–Trinajstić information content (AvgIpc) is 3.82. The number of nitrogens with zero attached hydrogens (tertiary/aromatic N) is 5. The quantitative estimate of drug-likeness (QED) is 0.161. The van der Waals surface area contributed by atoms with Crippen LogP contribution in [-0.2, 0) is 26.5 Å². The van der Waals surface area contributed by atoms with Gasteiger partial charge in [0.2, 0.25) is 0 Å². The number of benzene rings is 5. The van der Waals surface area contributed by atoms with Gasteiger partial charge in [-0.15, -0.1) is 22.6 Å². The van der Waals surface area contributed by atoms with Crippen molar-refractivity contribution in [2.24, 2.45) is 0 Å². The van der Waals surface area contributed by atoms with Gasteiger partial charge >= 0.3 is 21.1 Å². The van der Waals surface area contributed by atoms with Crippen LogP contribution in [0.5, 0.6) is 11.5 Å². The summed E-state index contributed by atoms with van der Waals surface area (Å²) in [5.74, 6) is 2.52. The molecule has 0 saturated carbocycles. The first kappa shape index (κ1) is 32.7.